The van der Waals surface area contributed by atoms with E-state index in [4.69, 9.17) is 5.26 Å². The van der Waals surface area contributed by atoms with Crippen LogP contribution >= 0.6 is 0 Å². The molecule has 0 atom stereocenters. The summed E-state index contributed by atoms with van der Waals surface area (Å²) in [5, 5.41) is 12.7. The zero-order valence-electron chi connectivity index (χ0n) is 8.46. The van der Waals surface area contributed by atoms with E-state index < -0.39 is 0 Å². The maximum absolute atomic E-state index is 8.66. The van der Waals surface area contributed by atoms with E-state index in [0.717, 1.165) is 0 Å². The number of nitriles is 1. The number of aromatic nitrogens is 3. The van der Waals surface area contributed by atoms with Gasteiger partial charge in [0.25, 0.3) is 0 Å². The van der Waals surface area contributed by atoms with Gasteiger partial charge in [0.15, 0.2) is 0 Å². The fourth-order valence-corrected chi connectivity index (χ4v) is 1.17. The van der Waals surface area contributed by atoms with E-state index in [1.807, 2.05) is 18.3 Å². The molecule has 0 saturated heterocycles. The smallest absolute Gasteiger partial charge is 0.141 e. The first-order chi connectivity index (χ1) is 7.88. The topological polar surface area (TPSA) is 54.5 Å². The average molecular weight is 208 g/mol. The zero-order chi connectivity index (χ0) is 11.2. The summed E-state index contributed by atoms with van der Waals surface area (Å²) in [7, 11) is 0. The lowest BCUT2D eigenvalue weighted by molar-refractivity contribution is 0.715. The molecule has 0 aromatic carbocycles. The normalized spacial score (nSPS) is 8.94. The molecule has 4 heteroatoms. The van der Waals surface area contributed by atoms with Crippen LogP contribution in [0.1, 0.15) is 11.4 Å². The van der Waals surface area contributed by atoms with Crippen LogP contribution in [0.25, 0.3) is 0 Å². The number of pyridine rings is 1. The molecule has 76 valence electrons. The van der Waals surface area contributed by atoms with Gasteiger partial charge in [-0.15, -0.1) is 0 Å². The summed E-state index contributed by atoms with van der Waals surface area (Å²) in [6.45, 7) is 0.519. The fraction of sp³-hybridized carbons (Fsp3) is 0.0833. The molecule has 0 aliphatic carbocycles. The number of hydrogen-bond donors (Lipinski definition) is 0. The molecule has 0 unspecified atom stereocenters. The fourth-order valence-electron chi connectivity index (χ4n) is 1.17. The van der Waals surface area contributed by atoms with Gasteiger partial charge < -0.3 is 0 Å². The molecule has 2 rings (SSSR count). The summed E-state index contributed by atoms with van der Waals surface area (Å²) in [4.78, 5) is 4.05. The largest absolute Gasteiger partial charge is 0.261 e. The molecule has 2 aromatic rings. The minimum atomic E-state index is 0.380. The van der Waals surface area contributed by atoms with Gasteiger partial charge in [0.1, 0.15) is 24.0 Å². The molecule has 0 saturated carbocycles. The lowest BCUT2D eigenvalue weighted by Gasteiger charge is -1.91. The van der Waals surface area contributed by atoms with Gasteiger partial charge in [0.05, 0.1) is 0 Å². The molecule has 0 aliphatic rings. The molecule has 2 aromatic heterocycles. The van der Waals surface area contributed by atoms with Gasteiger partial charge in [0.2, 0.25) is 0 Å². The predicted molar refractivity (Wildman–Crippen MR) is 58.1 cm³/mol. The summed E-state index contributed by atoms with van der Waals surface area (Å²) in [5.74, 6) is 5.82. The second kappa shape index (κ2) is 4.77. The highest BCUT2D eigenvalue weighted by atomic mass is 15.3. The number of rotatable bonds is 1. The lowest BCUT2D eigenvalue weighted by atomic mass is 10.3. The van der Waals surface area contributed by atoms with Crippen molar-refractivity contribution in [2.45, 2.75) is 6.54 Å². The summed E-state index contributed by atoms with van der Waals surface area (Å²) in [5.41, 5.74) is 0.983. The Morgan fingerprint density at radius 2 is 2.12 bits per heavy atom. The predicted octanol–water partition coefficient (Wildman–Crippen LogP) is 1.20. The van der Waals surface area contributed by atoms with Crippen LogP contribution in [-0.4, -0.2) is 14.8 Å². The van der Waals surface area contributed by atoms with Crippen molar-refractivity contribution in [1.82, 2.24) is 14.8 Å². The van der Waals surface area contributed by atoms with Crippen LogP contribution in [0.4, 0.5) is 0 Å². The standard InChI is InChI=1S/C12H8N4/c13-10-12-5-1-4-11(15-12)6-2-8-16-9-3-7-14-16/h1,3-5,7,9H,8H2. The van der Waals surface area contributed by atoms with Gasteiger partial charge in [-0.05, 0) is 24.1 Å². The van der Waals surface area contributed by atoms with E-state index in [9.17, 15) is 0 Å². The molecule has 0 radical (unpaired) electrons. The first kappa shape index (κ1) is 9.95. The third-order valence-electron chi connectivity index (χ3n) is 1.88. The zero-order valence-corrected chi connectivity index (χ0v) is 8.46. The van der Waals surface area contributed by atoms with Crippen molar-refractivity contribution in [1.29, 1.82) is 5.26 Å². The highest BCUT2D eigenvalue weighted by Crippen LogP contribution is 1.96. The number of nitrogens with zero attached hydrogens (tertiary/aromatic N) is 4. The second-order valence-electron chi connectivity index (χ2n) is 3.03. The van der Waals surface area contributed by atoms with Crippen LogP contribution in [0.15, 0.2) is 36.7 Å². The maximum atomic E-state index is 8.66. The van der Waals surface area contributed by atoms with Crippen molar-refractivity contribution < 1.29 is 0 Å². The highest BCUT2D eigenvalue weighted by Gasteiger charge is 1.91. The van der Waals surface area contributed by atoms with Gasteiger partial charge in [-0.2, -0.15) is 10.4 Å². The minimum absolute atomic E-state index is 0.380. The molecule has 16 heavy (non-hydrogen) atoms. The maximum Gasteiger partial charge on any atom is 0.141 e. The van der Waals surface area contributed by atoms with Crippen LogP contribution in [0.2, 0.25) is 0 Å². The van der Waals surface area contributed by atoms with Crippen molar-refractivity contribution in [2.75, 3.05) is 0 Å². The Kier molecular flexibility index (Phi) is 2.96. The molecule has 0 amide bonds. The molecular formula is C12H8N4. The third kappa shape index (κ3) is 2.46. The molecule has 2 heterocycles. The van der Waals surface area contributed by atoms with Gasteiger partial charge in [-0.1, -0.05) is 12.0 Å². The Labute approximate surface area is 93.2 Å². The van der Waals surface area contributed by atoms with Crippen LogP contribution in [0.3, 0.4) is 0 Å². The van der Waals surface area contributed by atoms with Crippen LogP contribution in [-0.2, 0) is 6.54 Å². The van der Waals surface area contributed by atoms with Gasteiger partial charge in [-0.3, -0.25) is 4.68 Å². The van der Waals surface area contributed by atoms with E-state index in [2.05, 4.69) is 21.9 Å². The molecular weight excluding hydrogens is 200 g/mol. The van der Waals surface area contributed by atoms with Crippen LogP contribution in [0.5, 0.6) is 0 Å². The molecule has 0 bridgehead atoms. The summed E-state index contributed by atoms with van der Waals surface area (Å²) in [6.07, 6.45) is 3.55. The first-order valence-electron chi connectivity index (χ1n) is 4.72. The minimum Gasteiger partial charge on any atom is -0.261 e. The van der Waals surface area contributed by atoms with E-state index in [-0.39, 0.29) is 0 Å². The molecule has 0 N–H and O–H groups in total. The molecule has 4 nitrogen and oxygen atoms in total. The Morgan fingerprint density at radius 3 is 2.88 bits per heavy atom. The monoisotopic (exact) mass is 208 g/mol. The second-order valence-corrected chi connectivity index (χ2v) is 3.03. The summed E-state index contributed by atoms with van der Waals surface area (Å²) in [6, 6.07) is 9.01. The quantitative estimate of drug-likeness (QED) is 0.662. The molecule has 0 aliphatic heterocycles. The van der Waals surface area contributed by atoms with Crippen molar-refractivity contribution >= 4 is 0 Å². The van der Waals surface area contributed by atoms with Crippen molar-refractivity contribution in [3.63, 3.8) is 0 Å². The van der Waals surface area contributed by atoms with Gasteiger partial charge in [-0.25, -0.2) is 4.98 Å². The van der Waals surface area contributed by atoms with E-state index in [1.165, 1.54) is 0 Å². The Morgan fingerprint density at radius 1 is 1.25 bits per heavy atom. The van der Waals surface area contributed by atoms with Gasteiger partial charge >= 0.3 is 0 Å². The van der Waals surface area contributed by atoms with Crippen molar-refractivity contribution in [3.05, 3.63) is 48.0 Å². The van der Waals surface area contributed by atoms with Crippen LogP contribution < -0.4 is 0 Å². The molecule has 0 spiro atoms. The average Bonchev–Trinajstić information content (AvgIpc) is 2.82. The van der Waals surface area contributed by atoms with E-state index in [0.29, 0.717) is 17.9 Å². The summed E-state index contributed by atoms with van der Waals surface area (Å²) >= 11 is 0. The first-order valence-corrected chi connectivity index (χ1v) is 4.72. The third-order valence-corrected chi connectivity index (χ3v) is 1.88. The Hall–Kier alpha value is -2.59. The SMILES string of the molecule is N#Cc1cccc(C#CCn2cccn2)n1. The number of hydrogen-bond acceptors (Lipinski definition) is 3. The van der Waals surface area contributed by atoms with E-state index >= 15 is 0 Å². The van der Waals surface area contributed by atoms with Crippen LogP contribution in [0, 0.1) is 23.2 Å². The van der Waals surface area contributed by atoms with Crippen molar-refractivity contribution in [3.8, 4) is 17.9 Å². The lowest BCUT2D eigenvalue weighted by Crippen LogP contribution is -1.95. The Bertz CT molecular complexity index is 567. The van der Waals surface area contributed by atoms with Crippen molar-refractivity contribution in [2.24, 2.45) is 0 Å². The highest BCUT2D eigenvalue weighted by molar-refractivity contribution is 5.31. The Balaban J connectivity index is 2.09. The molecule has 0 fully saturated rings. The van der Waals surface area contributed by atoms with E-state index in [1.54, 1.807) is 29.1 Å². The summed E-state index contributed by atoms with van der Waals surface area (Å²) < 4.78 is 1.72. The van der Waals surface area contributed by atoms with Gasteiger partial charge in [0, 0.05) is 12.4 Å².